The van der Waals surface area contributed by atoms with Crippen LogP contribution >= 0.6 is 0 Å². The largest absolute Gasteiger partial charge is 0.364 e. The monoisotopic (exact) mass is 317 g/mol. The maximum absolute atomic E-state index is 13.1. The van der Waals surface area contributed by atoms with Gasteiger partial charge in [-0.25, -0.2) is 8.78 Å². The van der Waals surface area contributed by atoms with E-state index in [4.69, 9.17) is 0 Å². The Morgan fingerprint density at radius 1 is 1.59 bits per heavy atom. The number of carbonyl (C=O) groups is 1. The van der Waals surface area contributed by atoms with Crippen molar-refractivity contribution in [3.05, 3.63) is 22.5 Å². The van der Waals surface area contributed by atoms with Gasteiger partial charge in [0.1, 0.15) is 18.4 Å². The Hall–Kier alpha value is -2.43. The molecule has 120 valence electrons. The van der Waals surface area contributed by atoms with E-state index < -0.39 is 35.4 Å². The number of amides is 1. The van der Waals surface area contributed by atoms with Gasteiger partial charge in [-0.1, -0.05) is 0 Å². The normalized spacial score (nSPS) is 22.8. The molecule has 2 heterocycles. The zero-order valence-electron chi connectivity index (χ0n) is 11.7. The molecule has 0 saturated carbocycles. The molecule has 22 heavy (non-hydrogen) atoms. The molecule has 1 N–H and O–H groups in total. The van der Waals surface area contributed by atoms with Crippen molar-refractivity contribution in [3.8, 4) is 0 Å². The quantitative estimate of drug-likeness (QED) is 0.655. The zero-order valence-corrected chi connectivity index (χ0v) is 11.7. The predicted octanol–water partition coefficient (Wildman–Crippen LogP) is 0.914. The molecule has 0 saturated heterocycles. The number of hydrazone groups is 1. The average Bonchev–Trinajstić information content (AvgIpc) is 3.02. The van der Waals surface area contributed by atoms with Gasteiger partial charge in [-0.05, 0) is 13.8 Å². The standard InChI is InChI=1S/C11H13F2N5O4/c1-6-3-11(20,10(12)13)17(15-6)9(19)7(2)16-5-8(4-14-16)18(21)22/h4-5,7,10,20H,3H2,1-2H3/t7-,11+/m1/s1. The highest BCUT2D eigenvalue weighted by molar-refractivity contribution is 5.90. The van der Waals surface area contributed by atoms with Gasteiger partial charge >= 0.3 is 5.69 Å². The van der Waals surface area contributed by atoms with Gasteiger partial charge in [0.25, 0.3) is 12.3 Å². The molecule has 0 bridgehead atoms. The molecule has 2 atom stereocenters. The summed E-state index contributed by atoms with van der Waals surface area (Å²) < 4.78 is 27.1. The number of hydrogen-bond donors (Lipinski definition) is 1. The Morgan fingerprint density at radius 3 is 2.73 bits per heavy atom. The first kappa shape index (κ1) is 15.9. The molecule has 0 aliphatic carbocycles. The fraction of sp³-hybridized carbons (Fsp3) is 0.545. The zero-order chi connectivity index (χ0) is 16.7. The Kier molecular flexibility index (Phi) is 3.92. The van der Waals surface area contributed by atoms with Gasteiger partial charge in [0.05, 0.1) is 4.92 Å². The second-order valence-corrected chi connectivity index (χ2v) is 4.95. The lowest BCUT2D eigenvalue weighted by molar-refractivity contribution is -0.385. The van der Waals surface area contributed by atoms with Gasteiger partial charge in [-0.2, -0.15) is 15.2 Å². The summed E-state index contributed by atoms with van der Waals surface area (Å²) in [6.45, 7) is 2.72. The van der Waals surface area contributed by atoms with Gasteiger partial charge < -0.3 is 5.11 Å². The van der Waals surface area contributed by atoms with Crippen LogP contribution in [0.15, 0.2) is 17.5 Å². The van der Waals surface area contributed by atoms with E-state index >= 15 is 0 Å². The van der Waals surface area contributed by atoms with Crippen molar-refractivity contribution < 1.29 is 23.6 Å². The van der Waals surface area contributed by atoms with Gasteiger partial charge in [-0.3, -0.25) is 19.6 Å². The molecule has 1 aliphatic rings. The van der Waals surface area contributed by atoms with Crippen molar-refractivity contribution in [3.63, 3.8) is 0 Å². The van der Waals surface area contributed by atoms with Crippen molar-refractivity contribution in [2.45, 2.75) is 38.5 Å². The van der Waals surface area contributed by atoms with Crippen LogP contribution in [0, 0.1) is 10.1 Å². The van der Waals surface area contributed by atoms with Crippen molar-refractivity contribution in [1.29, 1.82) is 0 Å². The second-order valence-electron chi connectivity index (χ2n) is 4.95. The Bertz CT molecular complexity index is 646. The van der Waals surface area contributed by atoms with Crippen molar-refractivity contribution in [2.24, 2.45) is 5.10 Å². The summed E-state index contributed by atoms with van der Waals surface area (Å²) in [7, 11) is 0. The van der Waals surface area contributed by atoms with Crippen LogP contribution in [0.3, 0.4) is 0 Å². The molecule has 0 fully saturated rings. The van der Waals surface area contributed by atoms with E-state index in [0.29, 0.717) is 5.01 Å². The molecule has 1 aromatic rings. The number of aliphatic hydroxyl groups is 1. The van der Waals surface area contributed by atoms with Crippen LogP contribution in [0.25, 0.3) is 0 Å². The summed E-state index contributed by atoms with van der Waals surface area (Å²) in [6, 6.07) is -1.14. The van der Waals surface area contributed by atoms with Crippen LogP contribution in [0.1, 0.15) is 26.3 Å². The summed E-state index contributed by atoms with van der Waals surface area (Å²) in [5.74, 6) is -0.947. The number of halogens is 2. The van der Waals surface area contributed by atoms with E-state index in [1.165, 1.54) is 13.8 Å². The van der Waals surface area contributed by atoms with E-state index in [2.05, 4.69) is 10.2 Å². The topological polar surface area (TPSA) is 114 Å². The molecule has 9 nitrogen and oxygen atoms in total. The summed E-state index contributed by atoms with van der Waals surface area (Å²) in [5.41, 5.74) is -2.88. The molecule has 1 amide bonds. The highest BCUT2D eigenvalue weighted by Crippen LogP contribution is 2.33. The third kappa shape index (κ3) is 2.54. The first-order valence-corrected chi connectivity index (χ1v) is 6.24. The van der Waals surface area contributed by atoms with Crippen LogP contribution < -0.4 is 0 Å². The van der Waals surface area contributed by atoms with E-state index in [9.17, 15) is 28.8 Å². The number of nitrogens with zero attached hydrogens (tertiary/aromatic N) is 5. The average molecular weight is 317 g/mol. The molecular weight excluding hydrogens is 304 g/mol. The molecule has 0 radical (unpaired) electrons. The van der Waals surface area contributed by atoms with E-state index in [-0.39, 0.29) is 11.4 Å². The maximum atomic E-state index is 13.1. The van der Waals surface area contributed by atoms with Crippen LogP contribution in [0.5, 0.6) is 0 Å². The summed E-state index contributed by atoms with van der Waals surface area (Å²) in [5, 5.41) is 28.2. The highest BCUT2D eigenvalue weighted by Gasteiger charge is 2.51. The van der Waals surface area contributed by atoms with Crippen molar-refractivity contribution >= 4 is 17.3 Å². The summed E-state index contributed by atoms with van der Waals surface area (Å²) in [6.07, 6.45) is -1.75. The predicted molar refractivity (Wildman–Crippen MR) is 69.1 cm³/mol. The first-order chi connectivity index (χ1) is 10.2. The fourth-order valence-corrected chi connectivity index (χ4v) is 2.08. The highest BCUT2D eigenvalue weighted by atomic mass is 19.3. The maximum Gasteiger partial charge on any atom is 0.307 e. The van der Waals surface area contributed by atoms with Gasteiger partial charge in [-0.15, -0.1) is 0 Å². The molecular formula is C11H13F2N5O4. The summed E-state index contributed by atoms with van der Waals surface area (Å²) >= 11 is 0. The van der Waals surface area contributed by atoms with Crippen LogP contribution in [-0.2, 0) is 4.79 Å². The second kappa shape index (κ2) is 5.40. The minimum absolute atomic E-state index is 0.176. The number of aromatic nitrogens is 2. The Labute approximate surface area is 123 Å². The van der Waals surface area contributed by atoms with E-state index in [0.717, 1.165) is 17.1 Å². The molecule has 11 heteroatoms. The molecule has 0 spiro atoms. The molecule has 1 aliphatic heterocycles. The lowest BCUT2D eigenvalue weighted by Crippen LogP contribution is -2.53. The fourth-order valence-electron chi connectivity index (χ4n) is 2.08. The third-order valence-electron chi connectivity index (χ3n) is 3.26. The van der Waals surface area contributed by atoms with Crippen LogP contribution in [0.2, 0.25) is 0 Å². The molecule has 0 unspecified atom stereocenters. The van der Waals surface area contributed by atoms with Crippen LogP contribution in [-0.4, -0.2) is 48.6 Å². The third-order valence-corrected chi connectivity index (χ3v) is 3.26. The number of nitro groups is 1. The molecule has 1 aromatic heterocycles. The number of rotatable bonds is 4. The SMILES string of the molecule is CC1=NN(C(=O)[C@@H](C)n2cc([N+](=O)[O-])cn2)[C@@](O)(C(F)F)C1. The number of hydrogen-bond acceptors (Lipinski definition) is 6. The van der Waals surface area contributed by atoms with Crippen molar-refractivity contribution in [1.82, 2.24) is 14.8 Å². The lowest BCUT2D eigenvalue weighted by atomic mass is 10.1. The van der Waals surface area contributed by atoms with E-state index in [1.807, 2.05) is 0 Å². The smallest absolute Gasteiger partial charge is 0.307 e. The minimum Gasteiger partial charge on any atom is -0.364 e. The number of carbonyl (C=O) groups excluding carboxylic acids is 1. The van der Waals surface area contributed by atoms with Gasteiger partial charge in [0.2, 0.25) is 5.72 Å². The lowest BCUT2D eigenvalue weighted by Gasteiger charge is -2.31. The van der Waals surface area contributed by atoms with Crippen LogP contribution in [0.4, 0.5) is 14.5 Å². The van der Waals surface area contributed by atoms with Gasteiger partial charge in [0.15, 0.2) is 0 Å². The van der Waals surface area contributed by atoms with E-state index in [1.54, 1.807) is 0 Å². The minimum atomic E-state index is -3.21. The Balaban J connectivity index is 2.27. The number of alkyl halides is 2. The van der Waals surface area contributed by atoms with Gasteiger partial charge in [0, 0.05) is 12.1 Å². The molecule has 0 aromatic carbocycles. The molecule has 2 rings (SSSR count). The first-order valence-electron chi connectivity index (χ1n) is 6.24. The van der Waals surface area contributed by atoms with Crippen molar-refractivity contribution in [2.75, 3.05) is 0 Å². The summed E-state index contributed by atoms with van der Waals surface area (Å²) in [4.78, 5) is 22.2. The Morgan fingerprint density at radius 2 is 2.23 bits per heavy atom.